The van der Waals surface area contributed by atoms with Gasteiger partial charge < -0.3 is 4.90 Å². The van der Waals surface area contributed by atoms with Gasteiger partial charge >= 0.3 is 0 Å². The van der Waals surface area contributed by atoms with E-state index in [1.165, 1.54) is 29.6 Å². The van der Waals surface area contributed by atoms with Crippen LogP contribution in [0.25, 0.3) is 0 Å². The highest BCUT2D eigenvalue weighted by Crippen LogP contribution is 2.26. The summed E-state index contributed by atoms with van der Waals surface area (Å²) in [5.41, 5.74) is 2.41. The molecule has 1 aromatic carbocycles. The number of thiophene rings is 1. The van der Waals surface area contributed by atoms with Gasteiger partial charge in [-0.1, -0.05) is 6.07 Å². The Kier molecular flexibility index (Phi) is 4.27. The topological polar surface area (TPSA) is 66.5 Å². The first-order chi connectivity index (χ1) is 10.9. The largest absolute Gasteiger partial charge is 0.334 e. The minimum atomic E-state index is -3.56. The second kappa shape index (κ2) is 6.07. The standard InChI is InChI=1S/C16H18N2O3S2/c1-11-3-4-13(23(20,21)17-2)9-14(11)16(19)18-7-5-15-12(10-18)6-8-22-15/h3-4,6,8-9,17H,5,7,10H2,1-2H3. The molecule has 3 rings (SSSR count). The first kappa shape index (κ1) is 16.2. The van der Waals surface area contributed by atoms with Crippen molar-refractivity contribution >= 4 is 27.3 Å². The highest BCUT2D eigenvalue weighted by atomic mass is 32.2. The minimum absolute atomic E-state index is 0.113. The SMILES string of the molecule is CNS(=O)(=O)c1ccc(C)c(C(=O)N2CCc3sccc3C2)c1. The van der Waals surface area contributed by atoms with Gasteiger partial charge in [0.25, 0.3) is 5.91 Å². The lowest BCUT2D eigenvalue weighted by atomic mass is 10.0. The highest BCUT2D eigenvalue weighted by molar-refractivity contribution is 7.89. The van der Waals surface area contributed by atoms with Crippen molar-refractivity contribution in [1.29, 1.82) is 0 Å². The van der Waals surface area contributed by atoms with Gasteiger partial charge in [-0.25, -0.2) is 13.1 Å². The Bertz CT molecular complexity index is 856. The lowest BCUT2D eigenvalue weighted by Crippen LogP contribution is -2.35. The van der Waals surface area contributed by atoms with Crippen LogP contribution in [-0.4, -0.2) is 32.8 Å². The van der Waals surface area contributed by atoms with Crippen LogP contribution in [0.2, 0.25) is 0 Å². The molecule has 0 radical (unpaired) electrons. The van der Waals surface area contributed by atoms with Gasteiger partial charge in [-0.3, -0.25) is 4.79 Å². The van der Waals surface area contributed by atoms with Gasteiger partial charge in [0.05, 0.1) is 4.90 Å². The van der Waals surface area contributed by atoms with Gasteiger partial charge in [0.1, 0.15) is 0 Å². The summed E-state index contributed by atoms with van der Waals surface area (Å²) in [4.78, 5) is 16.1. The molecule has 23 heavy (non-hydrogen) atoms. The Hall–Kier alpha value is -1.70. The van der Waals surface area contributed by atoms with Crippen molar-refractivity contribution in [1.82, 2.24) is 9.62 Å². The third-order valence-corrected chi connectivity index (χ3v) is 6.55. The van der Waals surface area contributed by atoms with Crippen molar-refractivity contribution in [3.8, 4) is 0 Å². The highest BCUT2D eigenvalue weighted by Gasteiger charge is 2.24. The molecule has 5 nitrogen and oxygen atoms in total. The number of fused-ring (bicyclic) bond motifs is 1. The molecule has 0 saturated heterocycles. The van der Waals surface area contributed by atoms with Crippen LogP contribution < -0.4 is 4.72 Å². The van der Waals surface area contributed by atoms with E-state index in [2.05, 4.69) is 4.72 Å². The first-order valence-corrected chi connectivity index (χ1v) is 9.67. The average molecular weight is 350 g/mol. The second-order valence-electron chi connectivity index (χ2n) is 5.53. The van der Waals surface area contributed by atoms with E-state index in [1.54, 1.807) is 22.3 Å². The molecule has 0 unspecified atom stereocenters. The maximum absolute atomic E-state index is 12.8. The summed E-state index contributed by atoms with van der Waals surface area (Å²) in [6, 6.07) is 6.71. The number of nitrogens with zero attached hydrogens (tertiary/aromatic N) is 1. The van der Waals surface area contributed by atoms with Crippen molar-refractivity contribution in [2.45, 2.75) is 24.8 Å². The van der Waals surface area contributed by atoms with Gasteiger partial charge in [0.2, 0.25) is 10.0 Å². The van der Waals surface area contributed by atoms with E-state index in [0.29, 0.717) is 18.7 Å². The van der Waals surface area contributed by atoms with Crippen molar-refractivity contribution in [3.63, 3.8) is 0 Å². The molecule has 0 atom stereocenters. The fraction of sp³-hybridized carbons (Fsp3) is 0.312. The average Bonchev–Trinajstić information content (AvgIpc) is 3.02. The number of benzene rings is 1. The number of nitrogens with one attached hydrogen (secondary N) is 1. The number of hydrogen-bond donors (Lipinski definition) is 1. The number of sulfonamides is 1. The van der Waals surface area contributed by atoms with E-state index >= 15 is 0 Å². The molecule has 0 spiro atoms. The van der Waals surface area contributed by atoms with Crippen molar-refractivity contribution in [3.05, 3.63) is 51.2 Å². The summed E-state index contributed by atoms with van der Waals surface area (Å²) in [5, 5.41) is 2.05. The number of hydrogen-bond acceptors (Lipinski definition) is 4. The monoisotopic (exact) mass is 350 g/mol. The predicted octanol–water partition coefficient (Wildman–Crippen LogP) is 2.16. The fourth-order valence-electron chi connectivity index (χ4n) is 2.71. The van der Waals surface area contributed by atoms with Gasteiger partial charge in [-0.05, 0) is 55.1 Å². The smallest absolute Gasteiger partial charge is 0.254 e. The molecule has 2 heterocycles. The molecular weight excluding hydrogens is 332 g/mol. The molecule has 1 aliphatic rings. The summed E-state index contributed by atoms with van der Waals surface area (Å²) in [7, 11) is -2.20. The zero-order valence-corrected chi connectivity index (χ0v) is 14.6. The van der Waals surface area contributed by atoms with E-state index in [4.69, 9.17) is 0 Å². The van der Waals surface area contributed by atoms with Crippen LogP contribution in [0.1, 0.15) is 26.4 Å². The number of carbonyl (C=O) groups excluding carboxylic acids is 1. The molecule has 1 amide bonds. The maximum Gasteiger partial charge on any atom is 0.254 e. The third kappa shape index (κ3) is 3.04. The Morgan fingerprint density at radius 3 is 2.83 bits per heavy atom. The summed E-state index contributed by atoms with van der Waals surface area (Å²) >= 11 is 1.72. The molecule has 0 saturated carbocycles. The van der Waals surface area contributed by atoms with E-state index in [-0.39, 0.29) is 10.8 Å². The van der Waals surface area contributed by atoms with Crippen LogP contribution in [0.5, 0.6) is 0 Å². The molecule has 1 aliphatic heterocycles. The van der Waals surface area contributed by atoms with Crippen LogP contribution in [0, 0.1) is 6.92 Å². The van der Waals surface area contributed by atoms with E-state index < -0.39 is 10.0 Å². The Morgan fingerprint density at radius 2 is 2.09 bits per heavy atom. The molecule has 0 bridgehead atoms. The minimum Gasteiger partial charge on any atom is -0.334 e. The quantitative estimate of drug-likeness (QED) is 0.922. The predicted molar refractivity (Wildman–Crippen MR) is 90.2 cm³/mol. The Balaban J connectivity index is 1.92. The normalized spacial score (nSPS) is 14.6. The lowest BCUT2D eigenvalue weighted by Gasteiger charge is -2.27. The molecule has 7 heteroatoms. The Labute approximate surface area is 140 Å². The van der Waals surface area contributed by atoms with E-state index in [0.717, 1.165) is 12.0 Å². The number of carbonyl (C=O) groups is 1. The van der Waals surface area contributed by atoms with Crippen LogP contribution in [0.4, 0.5) is 0 Å². The lowest BCUT2D eigenvalue weighted by molar-refractivity contribution is 0.0735. The molecule has 1 N–H and O–H groups in total. The van der Waals surface area contributed by atoms with Gasteiger partial charge in [0.15, 0.2) is 0 Å². The zero-order chi connectivity index (χ0) is 16.6. The van der Waals surface area contributed by atoms with E-state index in [9.17, 15) is 13.2 Å². The molecule has 2 aromatic rings. The second-order valence-corrected chi connectivity index (χ2v) is 8.42. The molecule has 0 fully saturated rings. The van der Waals surface area contributed by atoms with Crippen LogP contribution >= 0.6 is 11.3 Å². The molecule has 0 aliphatic carbocycles. The van der Waals surface area contributed by atoms with Crippen molar-refractivity contribution < 1.29 is 13.2 Å². The van der Waals surface area contributed by atoms with Gasteiger partial charge in [-0.15, -0.1) is 11.3 Å². The molecule has 1 aromatic heterocycles. The van der Waals surface area contributed by atoms with E-state index in [1.807, 2.05) is 18.4 Å². The molecular formula is C16H18N2O3S2. The molecule has 122 valence electrons. The van der Waals surface area contributed by atoms with Crippen molar-refractivity contribution in [2.75, 3.05) is 13.6 Å². The van der Waals surface area contributed by atoms with Crippen LogP contribution in [0.15, 0.2) is 34.5 Å². The fourth-order valence-corrected chi connectivity index (χ4v) is 4.35. The number of rotatable bonds is 3. The summed E-state index contributed by atoms with van der Waals surface area (Å²) in [5.74, 6) is -0.118. The summed E-state index contributed by atoms with van der Waals surface area (Å²) in [6.07, 6.45) is 0.853. The maximum atomic E-state index is 12.8. The van der Waals surface area contributed by atoms with Gasteiger partial charge in [0, 0.05) is 23.5 Å². The van der Waals surface area contributed by atoms with Gasteiger partial charge in [-0.2, -0.15) is 0 Å². The Morgan fingerprint density at radius 1 is 1.30 bits per heavy atom. The van der Waals surface area contributed by atoms with Crippen LogP contribution in [-0.2, 0) is 23.0 Å². The summed E-state index contributed by atoms with van der Waals surface area (Å²) < 4.78 is 26.2. The first-order valence-electron chi connectivity index (χ1n) is 7.31. The third-order valence-electron chi connectivity index (χ3n) is 4.11. The number of aryl methyl sites for hydroxylation is 1. The number of amides is 1. The summed E-state index contributed by atoms with van der Waals surface area (Å²) in [6.45, 7) is 3.07. The zero-order valence-electron chi connectivity index (χ0n) is 13.0. The van der Waals surface area contributed by atoms with Crippen molar-refractivity contribution in [2.24, 2.45) is 0 Å². The van der Waals surface area contributed by atoms with Crippen LogP contribution in [0.3, 0.4) is 0 Å².